The van der Waals surface area contributed by atoms with Crippen LogP contribution in [-0.2, 0) is 9.59 Å². The maximum Gasteiger partial charge on any atom is 0.235 e. The average Bonchev–Trinajstić information content (AvgIpc) is 2.99. The second kappa shape index (κ2) is 6.20. The van der Waals surface area contributed by atoms with Crippen LogP contribution in [0.3, 0.4) is 0 Å². The van der Waals surface area contributed by atoms with Crippen LogP contribution in [0.25, 0.3) is 0 Å². The lowest BCUT2D eigenvalue weighted by Gasteiger charge is -2.28. The van der Waals surface area contributed by atoms with E-state index < -0.39 is 0 Å². The third-order valence-electron chi connectivity index (χ3n) is 6.09. The number of carbonyl (C=O) groups excluding carboxylic acids is 2. The van der Waals surface area contributed by atoms with Crippen LogP contribution >= 0.6 is 0 Å². The normalized spacial score (nSPS) is 33.8. The predicted molar refractivity (Wildman–Crippen MR) is 94.1 cm³/mol. The summed E-state index contributed by atoms with van der Waals surface area (Å²) in [5.74, 6) is 6.90. The second-order valence-corrected chi connectivity index (χ2v) is 7.46. The Bertz CT molecular complexity index is 751. The molecule has 0 spiro atoms. The van der Waals surface area contributed by atoms with Crippen molar-refractivity contribution < 1.29 is 9.59 Å². The van der Waals surface area contributed by atoms with Gasteiger partial charge in [0.05, 0.1) is 6.04 Å². The van der Waals surface area contributed by atoms with E-state index in [9.17, 15) is 9.59 Å². The Kier molecular flexibility index (Phi) is 4.01. The van der Waals surface area contributed by atoms with E-state index >= 15 is 0 Å². The Morgan fingerprint density at radius 3 is 2.80 bits per heavy atom. The highest BCUT2D eigenvalue weighted by Gasteiger charge is 2.68. The third kappa shape index (κ3) is 2.81. The van der Waals surface area contributed by atoms with Gasteiger partial charge in [-0.25, -0.2) is 0 Å². The van der Waals surface area contributed by atoms with Crippen molar-refractivity contribution in [1.29, 1.82) is 0 Å². The van der Waals surface area contributed by atoms with Crippen molar-refractivity contribution in [2.24, 2.45) is 28.9 Å². The fourth-order valence-corrected chi connectivity index (χ4v) is 4.69. The zero-order chi connectivity index (χ0) is 17.4. The molecule has 0 aromatic heterocycles. The van der Waals surface area contributed by atoms with Crippen LogP contribution in [-0.4, -0.2) is 30.9 Å². The lowest BCUT2D eigenvalue weighted by atomic mass is 9.76. The molecule has 5 heteroatoms. The number of carbonyl (C=O) groups is 2. The van der Waals surface area contributed by atoms with Crippen LogP contribution in [0.2, 0.25) is 0 Å². The molecule has 4 rings (SSSR count). The zero-order valence-electron chi connectivity index (χ0n) is 14.1. The quantitative estimate of drug-likeness (QED) is 0.705. The van der Waals surface area contributed by atoms with Crippen molar-refractivity contribution in [3.63, 3.8) is 0 Å². The SMILES string of the molecule is NC(=O)C1NCC2CC21[C@H](C#Cc1ccccc1)C[C@H]1CCNC1=O. The van der Waals surface area contributed by atoms with E-state index in [0.29, 0.717) is 12.3 Å². The number of hydrogen-bond donors (Lipinski definition) is 3. The summed E-state index contributed by atoms with van der Waals surface area (Å²) in [4.78, 5) is 24.0. The summed E-state index contributed by atoms with van der Waals surface area (Å²) < 4.78 is 0. The Morgan fingerprint density at radius 2 is 2.16 bits per heavy atom. The predicted octanol–water partition coefficient (Wildman–Crippen LogP) is 0.644. The zero-order valence-corrected chi connectivity index (χ0v) is 14.1. The standard InChI is InChI=1S/C20H23N3O2/c21-18(24)17-20(11-16(20)12-23-17)15(10-14-8-9-22-19(14)25)7-6-13-4-2-1-3-5-13/h1-5,14-17,23H,8-12H2,(H2,21,24)(H,22,25)/t14-,15-,16?,17?,20?/m1/s1. The number of piperidine rings is 1. The van der Waals surface area contributed by atoms with E-state index in [2.05, 4.69) is 22.5 Å². The molecular weight excluding hydrogens is 314 g/mol. The molecule has 2 heterocycles. The molecule has 2 aliphatic heterocycles. The number of benzene rings is 1. The first-order chi connectivity index (χ1) is 12.1. The lowest BCUT2D eigenvalue weighted by Crippen LogP contribution is -2.46. The van der Waals surface area contributed by atoms with Crippen molar-refractivity contribution >= 4 is 11.8 Å². The Hall–Kier alpha value is -2.32. The summed E-state index contributed by atoms with van der Waals surface area (Å²) in [5.41, 5.74) is 6.41. The van der Waals surface area contributed by atoms with Crippen molar-refractivity contribution in [2.45, 2.75) is 25.3 Å². The van der Waals surface area contributed by atoms with E-state index in [4.69, 9.17) is 5.73 Å². The number of hydrogen-bond acceptors (Lipinski definition) is 3. The van der Waals surface area contributed by atoms with Crippen LogP contribution in [0.5, 0.6) is 0 Å². The topological polar surface area (TPSA) is 84.2 Å². The molecule has 0 bridgehead atoms. The Balaban J connectivity index is 1.64. The first-order valence-corrected chi connectivity index (χ1v) is 8.98. The molecule has 1 aliphatic carbocycles. The number of amides is 2. The smallest absolute Gasteiger partial charge is 0.235 e. The molecule has 5 atom stereocenters. The van der Waals surface area contributed by atoms with Crippen LogP contribution in [0.1, 0.15) is 24.8 Å². The molecule has 1 saturated carbocycles. The monoisotopic (exact) mass is 337 g/mol. The van der Waals surface area contributed by atoms with Gasteiger partial charge in [0.25, 0.3) is 0 Å². The van der Waals surface area contributed by atoms with Gasteiger partial charge in [-0.05, 0) is 43.9 Å². The van der Waals surface area contributed by atoms with Gasteiger partial charge >= 0.3 is 0 Å². The number of nitrogens with one attached hydrogen (secondary N) is 2. The van der Waals surface area contributed by atoms with Gasteiger partial charge in [-0.15, -0.1) is 0 Å². The van der Waals surface area contributed by atoms with E-state index in [1.54, 1.807) is 0 Å². The molecule has 3 aliphatic rings. The van der Waals surface area contributed by atoms with E-state index in [-0.39, 0.29) is 35.1 Å². The summed E-state index contributed by atoms with van der Waals surface area (Å²) in [6.07, 6.45) is 2.52. The van der Waals surface area contributed by atoms with Crippen LogP contribution in [0, 0.1) is 35.0 Å². The molecular formula is C20H23N3O2. The molecule has 25 heavy (non-hydrogen) atoms. The van der Waals surface area contributed by atoms with Gasteiger partial charge in [0.2, 0.25) is 11.8 Å². The van der Waals surface area contributed by atoms with Crippen molar-refractivity contribution in [3.05, 3.63) is 35.9 Å². The summed E-state index contributed by atoms with van der Waals surface area (Å²) in [7, 11) is 0. The summed E-state index contributed by atoms with van der Waals surface area (Å²) in [5, 5.41) is 6.17. The maximum absolute atomic E-state index is 12.1. The minimum absolute atomic E-state index is 0.000874. The highest BCUT2D eigenvalue weighted by molar-refractivity contribution is 5.83. The van der Waals surface area contributed by atoms with Crippen molar-refractivity contribution in [3.8, 4) is 11.8 Å². The largest absolute Gasteiger partial charge is 0.368 e. The summed E-state index contributed by atoms with van der Waals surface area (Å²) >= 11 is 0. The number of fused-ring (bicyclic) bond motifs is 1. The summed E-state index contributed by atoms with van der Waals surface area (Å²) in [6, 6.07) is 9.51. The molecule has 3 unspecified atom stereocenters. The molecule has 1 aromatic rings. The van der Waals surface area contributed by atoms with Gasteiger partial charge in [0.1, 0.15) is 0 Å². The highest BCUT2D eigenvalue weighted by Crippen LogP contribution is 2.64. The van der Waals surface area contributed by atoms with Gasteiger partial charge in [-0.3, -0.25) is 9.59 Å². The average molecular weight is 337 g/mol. The molecule has 5 nitrogen and oxygen atoms in total. The van der Waals surface area contributed by atoms with Crippen LogP contribution < -0.4 is 16.4 Å². The maximum atomic E-state index is 12.1. The minimum atomic E-state index is -0.336. The van der Waals surface area contributed by atoms with Gasteiger partial charge in [0, 0.05) is 29.4 Å². The van der Waals surface area contributed by atoms with E-state index in [0.717, 1.165) is 31.5 Å². The van der Waals surface area contributed by atoms with Crippen LogP contribution in [0.15, 0.2) is 30.3 Å². The fourth-order valence-electron chi connectivity index (χ4n) is 4.69. The molecule has 130 valence electrons. The van der Waals surface area contributed by atoms with E-state index in [1.165, 1.54) is 0 Å². The molecule has 2 amide bonds. The molecule has 3 fully saturated rings. The second-order valence-electron chi connectivity index (χ2n) is 7.46. The molecule has 0 radical (unpaired) electrons. The molecule has 2 saturated heterocycles. The van der Waals surface area contributed by atoms with Gasteiger partial charge in [-0.1, -0.05) is 30.0 Å². The third-order valence-corrected chi connectivity index (χ3v) is 6.09. The Morgan fingerprint density at radius 1 is 1.36 bits per heavy atom. The fraction of sp³-hybridized carbons (Fsp3) is 0.500. The van der Waals surface area contributed by atoms with Crippen molar-refractivity contribution in [2.75, 3.05) is 13.1 Å². The number of nitrogens with two attached hydrogens (primary N) is 1. The first-order valence-electron chi connectivity index (χ1n) is 8.98. The Labute approximate surface area is 147 Å². The highest BCUT2D eigenvalue weighted by atomic mass is 16.2. The van der Waals surface area contributed by atoms with E-state index in [1.807, 2.05) is 30.3 Å². The van der Waals surface area contributed by atoms with Gasteiger partial charge < -0.3 is 16.4 Å². The molecule has 4 N–H and O–H groups in total. The molecule has 1 aromatic carbocycles. The minimum Gasteiger partial charge on any atom is -0.368 e. The number of primary amides is 1. The van der Waals surface area contributed by atoms with Gasteiger partial charge in [0.15, 0.2) is 0 Å². The lowest BCUT2D eigenvalue weighted by molar-refractivity contribution is -0.123. The van der Waals surface area contributed by atoms with Crippen molar-refractivity contribution in [1.82, 2.24) is 10.6 Å². The first kappa shape index (κ1) is 16.2. The van der Waals surface area contributed by atoms with Gasteiger partial charge in [-0.2, -0.15) is 0 Å². The van der Waals surface area contributed by atoms with Crippen LogP contribution in [0.4, 0.5) is 0 Å². The summed E-state index contributed by atoms with van der Waals surface area (Å²) in [6.45, 7) is 1.55. The number of rotatable bonds is 4.